The molecule has 1 heterocycles. The van der Waals surface area contributed by atoms with Crippen LogP contribution in [0, 0.1) is 5.92 Å². The van der Waals surface area contributed by atoms with Crippen LogP contribution in [0.1, 0.15) is 25.7 Å². The normalized spacial score (nSPS) is 28.1. The topological polar surface area (TPSA) is 32.3 Å². The van der Waals surface area contributed by atoms with Crippen LogP contribution in [0.15, 0.2) is 0 Å². The van der Waals surface area contributed by atoms with E-state index in [-0.39, 0.29) is 0 Å². The Balaban J connectivity index is 1.91. The number of likely N-dealkylation sites (N-methyl/N-ethyl adjacent to an activating group) is 1. The van der Waals surface area contributed by atoms with Gasteiger partial charge in [-0.15, -0.1) is 0 Å². The van der Waals surface area contributed by atoms with Gasteiger partial charge in [-0.25, -0.2) is 0 Å². The van der Waals surface area contributed by atoms with Crippen molar-refractivity contribution in [2.75, 3.05) is 20.1 Å². The summed E-state index contributed by atoms with van der Waals surface area (Å²) in [6.45, 7) is 1.94. The molecule has 0 spiro atoms. The molecule has 1 unspecified atom stereocenters. The van der Waals surface area contributed by atoms with Crippen LogP contribution in [-0.4, -0.2) is 37.0 Å². The largest absolute Gasteiger partial charge is 0.338 e. The van der Waals surface area contributed by atoms with Gasteiger partial charge in [-0.3, -0.25) is 4.79 Å². The van der Waals surface area contributed by atoms with E-state index < -0.39 is 0 Å². The molecule has 0 bridgehead atoms. The van der Waals surface area contributed by atoms with E-state index in [4.69, 9.17) is 0 Å². The van der Waals surface area contributed by atoms with Crippen molar-refractivity contribution in [1.29, 1.82) is 0 Å². The van der Waals surface area contributed by atoms with E-state index in [1.807, 2.05) is 7.05 Å². The lowest BCUT2D eigenvalue weighted by Gasteiger charge is -2.24. The molecule has 1 atom stereocenters. The fourth-order valence-corrected chi connectivity index (χ4v) is 2.14. The molecule has 1 aliphatic heterocycles. The van der Waals surface area contributed by atoms with Crippen molar-refractivity contribution in [2.45, 2.75) is 31.7 Å². The van der Waals surface area contributed by atoms with Gasteiger partial charge >= 0.3 is 0 Å². The second kappa shape index (κ2) is 3.66. The van der Waals surface area contributed by atoms with Gasteiger partial charge in [0.1, 0.15) is 0 Å². The van der Waals surface area contributed by atoms with Crippen molar-refractivity contribution in [1.82, 2.24) is 10.2 Å². The van der Waals surface area contributed by atoms with E-state index >= 15 is 0 Å². The van der Waals surface area contributed by atoms with E-state index in [1.54, 1.807) is 0 Å². The van der Waals surface area contributed by atoms with Crippen molar-refractivity contribution in [3.05, 3.63) is 0 Å². The third-order valence-electron chi connectivity index (χ3n) is 3.03. The Kier molecular flexibility index (Phi) is 2.54. The summed E-state index contributed by atoms with van der Waals surface area (Å²) in [6, 6.07) is 0.470. The summed E-state index contributed by atoms with van der Waals surface area (Å²) in [5.74, 6) is 0.801. The Morgan fingerprint density at radius 3 is 2.85 bits per heavy atom. The number of amides is 1. The lowest BCUT2D eigenvalue weighted by atomic mass is 10.2. The zero-order valence-electron chi connectivity index (χ0n) is 8.25. The van der Waals surface area contributed by atoms with Gasteiger partial charge in [0, 0.05) is 25.0 Å². The predicted molar refractivity (Wildman–Crippen MR) is 51.4 cm³/mol. The minimum Gasteiger partial charge on any atom is -0.338 e. The minimum atomic E-state index is 0.387. The fraction of sp³-hybridized carbons (Fsp3) is 0.900. The van der Waals surface area contributed by atoms with E-state index in [1.165, 1.54) is 12.8 Å². The highest BCUT2D eigenvalue weighted by atomic mass is 16.2. The molecule has 2 aliphatic rings. The highest BCUT2D eigenvalue weighted by molar-refractivity contribution is 5.81. The maximum absolute atomic E-state index is 11.8. The Morgan fingerprint density at radius 1 is 1.46 bits per heavy atom. The Morgan fingerprint density at radius 2 is 2.23 bits per heavy atom. The number of nitrogens with one attached hydrogen (secondary N) is 1. The molecular weight excluding hydrogens is 164 g/mol. The molecule has 3 heteroatoms. The van der Waals surface area contributed by atoms with Gasteiger partial charge in [0.05, 0.1) is 0 Å². The van der Waals surface area contributed by atoms with Gasteiger partial charge in [-0.2, -0.15) is 0 Å². The number of likely N-dealkylation sites (tertiary alicyclic amines) is 1. The number of hydrogen-bond acceptors (Lipinski definition) is 2. The van der Waals surface area contributed by atoms with Crippen LogP contribution in [-0.2, 0) is 4.79 Å². The Hall–Kier alpha value is -0.570. The quantitative estimate of drug-likeness (QED) is 0.693. The summed E-state index contributed by atoms with van der Waals surface area (Å²) in [4.78, 5) is 13.9. The van der Waals surface area contributed by atoms with Gasteiger partial charge in [0.25, 0.3) is 0 Å². The van der Waals surface area contributed by atoms with Crippen LogP contribution in [0.2, 0.25) is 0 Å². The molecular formula is C10H18N2O. The van der Waals surface area contributed by atoms with Crippen molar-refractivity contribution in [3.63, 3.8) is 0 Å². The van der Waals surface area contributed by atoms with Crippen molar-refractivity contribution in [3.8, 4) is 0 Å². The summed E-state index contributed by atoms with van der Waals surface area (Å²) in [5.41, 5.74) is 0. The maximum Gasteiger partial charge on any atom is 0.225 e. The third kappa shape index (κ3) is 1.85. The third-order valence-corrected chi connectivity index (χ3v) is 3.03. The van der Waals surface area contributed by atoms with Crippen LogP contribution < -0.4 is 5.32 Å². The first-order valence-electron chi connectivity index (χ1n) is 5.28. The first kappa shape index (κ1) is 9.00. The maximum atomic E-state index is 11.8. The molecule has 2 fully saturated rings. The van der Waals surface area contributed by atoms with Crippen molar-refractivity contribution >= 4 is 5.91 Å². The molecule has 0 radical (unpaired) electrons. The van der Waals surface area contributed by atoms with Crippen LogP contribution >= 0.6 is 0 Å². The van der Waals surface area contributed by atoms with E-state index in [0.717, 1.165) is 25.9 Å². The highest BCUT2D eigenvalue weighted by Gasteiger charge is 2.37. The van der Waals surface area contributed by atoms with Crippen LogP contribution in [0.4, 0.5) is 0 Å². The van der Waals surface area contributed by atoms with Crippen molar-refractivity contribution < 1.29 is 4.79 Å². The van der Waals surface area contributed by atoms with Crippen LogP contribution in [0.25, 0.3) is 0 Å². The van der Waals surface area contributed by atoms with Gasteiger partial charge in [0.2, 0.25) is 5.91 Å². The molecule has 0 aromatic heterocycles. The zero-order valence-corrected chi connectivity index (χ0v) is 8.25. The molecule has 1 saturated heterocycles. The minimum absolute atomic E-state index is 0.387. The number of rotatable bonds is 3. The second-order valence-electron chi connectivity index (χ2n) is 4.16. The van der Waals surface area contributed by atoms with E-state index in [9.17, 15) is 4.79 Å². The second-order valence-corrected chi connectivity index (χ2v) is 4.16. The Bertz CT molecular complexity index is 201. The smallest absolute Gasteiger partial charge is 0.225 e. The molecule has 1 N–H and O–H groups in total. The van der Waals surface area contributed by atoms with Crippen molar-refractivity contribution in [2.24, 2.45) is 5.92 Å². The molecule has 1 saturated carbocycles. The first-order valence-corrected chi connectivity index (χ1v) is 5.28. The molecule has 0 aromatic carbocycles. The van der Waals surface area contributed by atoms with Crippen LogP contribution in [0.5, 0.6) is 0 Å². The highest BCUT2D eigenvalue weighted by Crippen LogP contribution is 2.33. The number of hydrogen-bond donors (Lipinski definition) is 1. The molecule has 13 heavy (non-hydrogen) atoms. The lowest BCUT2D eigenvalue weighted by Crippen LogP contribution is -2.41. The molecule has 1 amide bonds. The first-order chi connectivity index (χ1) is 6.33. The van der Waals surface area contributed by atoms with Gasteiger partial charge < -0.3 is 10.2 Å². The number of nitrogens with zero attached hydrogens (tertiary/aromatic N) is 1. The average Bonchev–Trinajstić information content (AvgIpc) is 2.87. The summed E-state index contributed by atoms with van der Waals surface area (Å²) in [6.07, 6.45) is 4.62. The lowest BCUT2D eigenvalue weighted by molar-refractivity contribution is -0.133. The fourth-order valence-electron chi connectivity index (χ4n) is 2.14. The summed E-state index contributed by atoms with van der Waals surface area (Å²) in [7, 11) is 1.96. The molecule has 2 rings (SSSR count). The Labute approximate surface area is 79.5 Å². The molecule has 1 aliphatic carbocycles. The van der Waals surface area contributed by atoms with Gasteiger partial charge in [0.15, 0.2) is 0 Å². The van der Waals surface area contributed by atoms with E-state index in [2.05, 4.69) is 10.2 Å². The zero-order chi connectivity index (χ0) is 9.26. The van der Waals surface area contributed by atoms with Gasteiger partial charge in [-0.05, 0) is 32.7 Å². The predicted octanol–water partition coefficient (Wildman–Crippen LogP) is 0.607. The molecule has 0 aromatic rings. The summed E-state index contributed by atoms with van der Waals surface area (Å²) < 4.78 is 0. The number of carbonyl (C=O) groups is 1. The van der Waals surface area contributed by atoms with E-state index in [0.29, 0.717) is 17.9 Å². The average molecular weight is 182 g/mol. The summed E-state index contributed by atoms with van der Waals surface area (Å²) in [5, 5.41) is 3.16. The standard InChI is InChI=1S/C10H18N2O/c1-11-7-9-3-2-6-12(9)10(13)8-4-5-8/h8-9,11H,2-7H2,1H3. The molecule has 74 valence electrons. The molecule has 3 nitrogen and oxygen atoms in total. The summed E-state index contributed by atoms with van der Waals surface area (Å²) >= 11 is 0. The van der Waals surface area contributed by atoms with Crippen LogP contribution in [0.3, 0.4) is 0 Å². The SMILES string of the molecule is CNCC1CCCN1C(=O)C1CC1. The monoisotopic (exact) mass is 182 g/mol. The number of carbonyl (C=O) groups excluding carboxylic acids is 1. The van der Waals surface area contributed by atoms with Gasteiger partial charge in [-0.1, -0.05) is 0 Å².